The fraction of sp³-hybridized carbons (Fsp3) is 0.625. The molecule has 0 saturated carbocycles. The van der Waals surface area contributed by atoms with Gasteiger partial charge in [0.25, 0.3) is 0 Å². The van der Waals surface area contributed by atoms with Gasteiger partial charge in [0, 0.05) is 24.0 Å². The van der Waals surface area contributed by atoms with E-state index >= 15 is 0 Å². The third kappa shape index (κ3) is 3.82. The molecule has 2 heteroatoms. The molecule has 1 aromatic rings. The minimum Gasteiger partial charge on any atom is -0.329 e. The van der Waals surface area contributed by atoms with Crippen LogP contribution < -0.4 is 11.1 Å². The molecule has 2 nitrogen and oxygen atoms in total. The summed E-state index contributed by atoms with van der Waals surface area (Å²) in [6, 6.07) is 6.68. The van der Waals surface area contributed by atoms with Crippen molar-refractivity contribution in [3.63, 3.8) is 0 Å². The van der Waals surface area contributed by atoms with Crippen molar-refractivity contribution in [2.45, 2.75) is 52.5 Å². The topological polar surface area (TPSA) is 38.0 Å². The number of hydrogen-bond donors (Lipinski definition) is 2. The van der Waals surface area contributed by atoms with Crippen LogP contribution in [0.15, 0.2) is 18.2 Å². The molecule has 0 unspecified atom stereocenters. The lowest BCUT2D eigenvalue weighted by Crippen LogP contribution is -2.50. The van der Waals surface area contributed by atoms with Gasteiger partial charge in [-0.2, -0.15) is 0 Å². The van der Waals surface area contributed by atoms with Gasteiger partial charge in [-0.05, 0) is 38.8 Å². The predicted octanol–water partition coefficient (Wildman–Crippen LogP) is 2.91. The van der Waals surface area contributed by atoms with E-state index in [1.807, 2.05) is 0 Å². The lowest BCUT2D eigenvalue weighted by molar-refractivity contribution is 0.346. The summed E-state index contributed by atoms with van der Waals surface area (Å²) in [7, 11) is 0. The lowest BCUT2D eigenvalue weighted by Gasteiger charge is -2.33. The monoisotopic (exact) mass is 248 g/mol. The minimum absolute atomic E-state index is 0.00496. The molecule has 1 rings (SSSR count). The molecule has 0 saturated heterocycles. The highest BCUT2D eigenvalue weighted by atomic mass is 15.0. The van der Waals surface area contributed by atoms with Crippen molar-refractivity contribution in [2.75, 3.05) is 13.1 Å². The summed E-state index contributed by atoms with van der Waals surface area (Å²) in [5.41, 5.74) is 9.97. The largest absolute Gasteiger partial charge is 0.329 e. The SMILES string of the molecule is Cc1ccc(C)c(C(C)(C)CNC(C)(C)CN)c1. The zero-order valence-electron chi connectivity index (χ0n) is 12.7. The minimum atomic E-state index is -0.00496. The third-order valence-electron chi connectivity index (χ3n) is 3.64. The Labute approximate surface area is 112 Å². The highest BCUT2D eigenvalue weighted by molar-refractivity contribution is 5.36. The third-order valence-corrected chi connectivity index (χ3v) is 3.64. The summed E-state index contributed by atoms with van der Waals surface area (Å²) >= 11 is 0. The predicted molar refractivity (Wildman–Crippen MR) is 80.1 cm³/mol. The van der Waals surface area contributed by atoms with Crippen molar-refractivity contribution in [3.05, 3.63) is 34.9 Å². The Balaban J connectivity index is 2.89. The summed E-state index contributed by atoms with van der Waals surface area (Å²) in [5.74, 6) is 0. The molecule has 0 heterocycles. The molecule has 0 aromatic heterocycles. The first kappa shape index (κ1) is 15.2. The van der Waals surface area contributed by atoms with Gasteiger partial charge in [0.05, 0.1) is 0 Å². The fourth-order valence-corrected chi connectivity index (χ4v) is 2.09. The summed E-state index contributed by atoms with van der Waals surface area (Å²) in [6.07, 6.45) is 0. The van der Waals surface area contributed by atoms with Crippen LogP contribution in [0.25, 0.3) is 0 Å². The molecular formula is C16H28N2. The maximum Gasteiger partial charge on any atom is 0.0247 e. The van der Waals surface area contributed by atoms with Crippen LogP contribution in [-0.2, 0) is 5.41 Å². The molecular weight excluding hydrogens is 220 g/mol. The summed E-state index contributed by atoms with van der Waals surface area (Å²) in [6.45, 7) is 14.8. The van der Waals surface area contributed by atoms with Gasteiger partial charge in [-0.3, -0.25) is 0 Å². The second-order valence-corrected chi connectivity index (χ2v) is 6.64. The van der Waals surface area contributed by atoms with E-state index < -0.39 is 0 Å². The van der Waals surface area contributed by atoms with Crippen LogP contribution in [0.1, 0.15) is 44.4 Å². The standard InChI is InChI=1S/C16H28N2/c1-12-7-8-13(2)14(9-12)15(3,4)11-18-16(5,6)10-17/h7-9,18H,10-11,17H2,1-6H3. The van der Waals surface area contributed by atoms with Gasteiger partial charge < -0.3 is 11.1 Å². The average Bonchev–Trinajstić information content (AvgIpc) is 2.30. The van der Waals surface area contributed by atoms with Crippen molar-refractivity contribution in [3.8, 4) is 0 Å². The number of nitrogens with one attached hydrogen (secondary N) is 1. The Morgan fingerprint density at radius 3 is 2.28 bits per heavy atom. The van der Waals surface area contributed by atoms with Crippen LogP contribution in [0.5, 0.6) is 0 Å². The molecule has 0 radical (unpaired) electrons. The van der Waals surface area contributed by atoms with Gasteiger partial charge in [-0.25, -0.2) is 0 Å². The van der Waals surface area contributed by atoms with Gasteiger partial charge in [-0.1, -0.05) is 37.6 Å². The van der Waals surface area contributed by atoms with E-state index in [2.05, 4.69) is 65.1 Å². The molecule has 0 spiro atoms. The van der Waals surface area contributed by atoms with E-state index in [-0.39, 0.29) is 11.0 Å². The van der Waals surface area contributed by atoms with Crippen molar-refractivity contribution in [2.24, 2.45) is 5.73 Å². The summed E-state index contributed by atoms with van der Waals surface area (Å²) in [4.78, 5) is 0. The van der Waals surface area contributed by atoms with Crippen LogP contribution in [0.4, 0.5) is 0 Å². The maximum atomic E-state index is 5.77. The van der Waals surface area contributed by atoms with Crippen molar-refractivity contribution < 1.29 is 0 Å². The number of nitrogens with two attached hydrogens (primary N) is 1. The fourth-order valence-electron chi connectivity index (χ4n) is 2.09. The van der Waals surface area contributed by atoms with Crippen LogP contribution in [0.3, 0.4) is 0 Å². The van der Waals surface area contributed by atoms with Gasteiger partial charge in [0.15, 0.2) is 0 Å². The smallest absolute Gasteiger partial charge is 0.0247 e. The van der Waals surface area contributed by atoms with E-state index in [4.69, 9.17) is 5.73 Å². The van der Waals surface area contributed by atoms with Crippen LogP contribution in [0, 0.1) is 13.8 Å². The zero-order chi connectivity index (χ0) is 14.0. The molecule has 0 atom stereocenters. The van der Waals surface area contributed by atoms with Gasteiger partial charge in [0.2, 0.25) is 0 Å². The Hall–Kier alpha value is -0.860. The van der Waals surface area contributed by atoms with Crippen LogP contribution >= 0.6 is 0 Å². The van der Waals surface area contributed by atoms with Gasteiger partial charge >= 0.3 is 0 Å². The zero-order valence-corrected chi connectivity index (χ0v) is 12.7. The Kier molecular flexibility index (Phi) is 4.57. The highest BCUT2D eigenvalue weighted by Gasteiger charge is 2.25. The number of rotatable bonds is 5. The van der Waals surface area contributed by atoms with E-state index in [1.165, 1.54) is 16.7 Å². The van der Waals surface area contributed by atoms with Gasteiger partial charge in [-0.15, -0.1) is 0 Å². The van der Waals surface area contributed by atoms with Gasteiger partial charge in [0.1, 0.15) is 0 Å². The van der Waals surface area contributed by atoms with Crippen molar-refractivity contribution in [1.82, 2.24) is 5.32 Å². The van der Waals surface area contributed by atoms with Crippen molar-refractivity contribution >= 4 is 0 Å². The van der Waals surface area contributed by atoms with E-state index in [1.54, 1.807) is 0 Å². The van der Waals surface area contributed by atoms with E-state index in [9.17, 15) is 0 Å². The lowest BCUT2D eigenvalue weighted by atomic mass is 9.80. The van der Waals surface area contributed by atoms with E-state index in [0.717, 1.165) is 6.54 Å². The maximum absolute atomic E-state index is 5.77. The normalized spacial score (nSPS) is 12.8. The molecule has 0 amide bonds. The molecule has 18 heavy (non-hydrogen) atoms. The molecule has 0 fully saturated rings. The first-order valence-electron chi connectivity index (χ1n) is 6.71. The number of hydrogen-bond acceptors (Lipinski definition) is 2. The first-order chi connectivity index (χ1) is 8.18. The van der Waals surface area contributed by atoms with E-state index in [0.29, 0.717) is 6.54 Å². The molecule has 102 valence electrons. The first-order valence-corrected chi connectivity index (χ1v) is 6.71. The number of benzene rings is 1. The summed E-state index contributed by atoms with van der Waals surface area (Å²) in [5, 5.41) is 3.57. The number of aryl methyl sites for hydroxylation is 2. The summed E-state index contributed by atoms with van der Waals surface area (Å²) < 4.78 is 0. The molecule has 0 bridgehead atoms. The molecule has 0 aliphatic carbocycles. The average molecular weight is 248 g/mol. The second kappa shape index (κ2) is 5.41. The Morgan fingerprint density at radius 2 is 1.72 bits per heavy atom. The Morgan fingerprint density at radius 1 is 1.11 bits per heavy atom. The highest BCUT2D eigenvalue weighted by Crippen LogP contribution is 2.27. The van der Waals surface area contributed by atoms with Crippen LogP contribution in [-0.4, -0.2) is 18.6 Å². The quantitative estimate of drug-likeness (QED) is 0.841. The van der Waals surface area contributed by atoms with Crippen molar-refractivity contribution in [1.29, 1.82) is 0 Å². The molecule has 0 aliphatic rings. The second-order valence-electron chi connectivity index (χ2n) is 6.64. The molecule has 3 N–H and O–H groups in total. The molecule has 0 aliphatic heterocycles. The van der Waals surface area contributed by atoms with Crippen LogP contribution in [0.2, 0.25) is 0 Å². The Bertz CT molecular complexity index is 406. The molecule has 1 aromatic carbocycles.